The molecule has 0 spiro atoms. The van der Waals surface area contributed by atoms with Crippen LogP contribution in [-0.2, 0) is 4.79 Å². The molecule has 0 atom stereocenters. The van der Waals surface area contributed by atoms with Gasteiger partial charge in [-0.2, -0.15) is 5.10 Å². The smallest absolute Gasteiger partial charge is 0.272 e. The number of benzene rings is 2. The van der Waals surface area contributed by atoms with Crippen molar-refractivity contribution >= 4 is 17.5 Å². The van der Waals surface area contributed by atoms with Crippen molar-refractivity contribution in [3.63, 3.8) is 0 Å². The van der Waals surface area contributed by atoms with Crippen molar-refractivity contribution in [1.29, 1.82) is 0 Å². The third-order valence-electron chi connectivity index (χ3n) is 3.66. The molecule has 0 aliphatic rings. The number of amides is 2. The zero-order valence-corrected chi connectivity index (χ0v) is 13.8. The Morgan fingerprint density at radius 1 is 1.04 bits per heavy atom. The molecule has 0 unspecified atom stereocenters. The summed E-state index contributed by atoms with van der Waals surface area (Å²) in [6.45, 7) is -0.0482. The molecule has 25 heavy (non-hydrogen) atoms. The molecule has 0 saturated heterocycles. The molecule has 0 radical (unpaired) electrons. The van der Waals surface area contributed by atoms with Crippen molar-refractivity contribution in [3.05, 3.63) is 72.4 Å². The molecule has 1 aromatic heterocycles. The van der Waals surface area contributed by atoms with Crippen LogP contribution >= 0.6 is 0 Å². The quantitative estimate of drug-likeness (QED) is 0.753. The van der Waals surface area contributed by atoms with Gasteiger partial charge in [-0.15, -0.1) is 0 Å². The van der Waals surface area contributed by atoms with E-state index in [9.17, 15) is 9.59 Å². The highest BCUT2D eigenvalue weighted by Gasteiger charge is 2.17. The van der Waals surface area contributed by atoms with Gasteiger partial charge in [-0.1, -0.05) is 48.5 Å². The first-order valence-electron chi connectivity index (χ1n) is 7.84. The molecule has 1 heterocycles. The Morgan fingerprint density at radius 3 is 2.36 bits per heavy atom. The molecule has 6 nitrogen and oxygen atoms in total. The minimum atomic E-state index is -0.294. The van der Waals surface area contributed by atoms with Crippen molar-refractivity contribution in [2.45, 2.75) is 0 Å². The van der Waals surface area contributed by atoms with Crippen LogP contribution in [0.15, 0.2) is 66.7 Å². The lowest BCUT2D eigenvalue weighted by Gasteiger charge is -2.15. The van der Waals surface area contributed by atoms with E-state index in [1.165, 1.54) is 4.90 Å². The summed E-state index contributed by atoms with van der Waals surface area (Å²) in [4.78, 5) is 25.9. The molecule has 2 aromatic carbocycles. The van der Waals surface area contributed by atoms with Crippen LogP contribution in [0.1, 0.15) is 10.5 Å². The van der Waals surface area contributed by atoms with Gasteiger partial charge in [0.1, 0.15) is 5.69 Å². The van der Waals surface area contributed by atoms with Crippen LogP contribution in [0, 0.1) is 0 Å². The Hall–Kier alpha value is -3.41. The van der Waals surface area contributed by atoms with E-state index in [1.807, 2.05) is 48.5 Å². The van der Waals surface area contributed by atoms with E-state index in [0.29, 0.717) is 17.1 Å². The molecular weight excluding hydrogens is 316 g/mol. The Balaban J connectivity index is 1.63. The zero-order valence-electron chi connectivity index (χ0n) is 13.8. The number of hydrogen-bond donors (Lipinski definition) is 2. The summed E-state index contributed by atoms with van der Waals surface area (Å²) in [5.41, 5.74) is 2.64. The number of hydrogen-bond acceptors (Lipinski definition) is 3. The summed E-state index contributed by atoms with van der Waals surface area (Å²) in [6.07, 6.45) is 0. The highest BCUT2D eigenvalue weighted by atomic mass is 16.2. The van der Waals surface area contributed by atoms with E-state index in [2.05, 4.69) is 15.5 Å². The number of rotatable bonds is 5. The Morgan fingerprint density at radius 2 is 1.68 bits per heavy atom. The Bertz CT molecular complexity index is 859. The SMILES string of the molecule is CN(CC(=O)Nc1ccccc1)C(=O)c1cc(-c2ccccc2)n[nH]1. The molecular formula is C19H18N4O2. The second kappa shape index (κ2) is 7.44. The van der Waals surface area contributed by atoms with E-state index in [4.69, 9.17) is 0 Å². The van der Waals surface area contributed by atoms with Crippen molar-refractivity contribution in [2.24, 2.45) is 0 Å². The molecule has 0 aliphatic heterocycles. The van der Waals surface area contributed by atoms with Gasteiger partial charge in [0.05, 0.1) is 12.2 Å². The second-order valence-corrected chi connectivity index (χ2v) is 5.61. The number of aromatic nitrogens is 2. The minimum absolute atomic E-state index is 0.0482. The van der Waals surface area contributed by atoms with E-state index >= 15 is 0 Å². The summed E-state index contributed by atoms with van der Waals surface area (Å²) in [5, 5.41) is 9.65. The number of aromatic amines is 1. The molecule has 0 fully saturated rings. The average Bonchev–Trinajstić information content (AvgIpc) is 3.12. The fourth-order valence-electron chi connectivity index (χ4n) is 2.40. The molecule has 3 aromatic rings. The fraction of sp³-hybridized carbons (Fsp3) is 0.105. The number of anilines is 1. The molecule has 0 bridgehead atoms. The van der Waals surface area contributed by atoms with Crippen LogP contribution in [0.5, 0.6) is 0 Å². The number of carbonyl (C=O) groups excluding carboxylic acids is 2. The van der Waals surface area contributed by atoms with Gasteiger partial charge in [-0.05, 0) is 18.2 Å². The lowest BCUT2D eigenvalue weighted by atomic mass is 10.1. The fourth-order valence-corrected chi connectivity index (χ4v) is 2.40. The third kappa shape index (κ3) is 4.11. The summed E-state index contributed by atoms with van der Waals surface area (Å²) >= 11 is 0. The van der Waals surface area contributed by atoms with Crippen LogP contribution in [0.2, 0.25) is 0 Å². The molecule has 3 rings (SSSR count). The number of para-hydroxylation sites is 1. The van der Waals surface area contributed by atoms with E-state index < -0.39 is 0 Å². The summed E-state index contributed by atoms with van der Waals surface area (Å²) < 4.78 is 0. The predicted molar refractivity (Wildman–Crippen MR) is 96.1 cm³/mol. The van der Waals surface area contributed by atoms with E-state index in [1.54, 1.807) is 25.2 Å². The molecule has 0 aliphatic carbocycles. The first-order valence-corrected chi connectivity index (χ1v) is 7.84. The third-order valence-corrected chi connectivity index (χ3v) is 3.66. The Kier molecular flexibility index (Phi) is 4.89. The van der Waals surface area contributed by atoms with Gasteiger partial charge in [0, 0.05) is 18.3 Å². The molecule has 2 amide bonds. The maximum atomic E-state index is 12.5. The average molecular weight is 334 g/mol. The highest BCUT2D eigenvalue weighted by Crippen LogP contribution is 2.17. The topological polar surface area (TPSA) is 78.1 Å². The van der Waals surface area contributed by atoms with Gasteiger partial charge in [-0.25, -0.2) is 0 Å². The van der Waals surface area contributed by atoms with Gasteiger partial charge < -0.3 is 10.2 Å². The van der Waals surface area contributed by atoms with E-state index in [0.717, 1.165) is 5.56 Å². The number of nitrogens with one attached hydrogen (secondary N) is 2. The zero-order chi connectivity index (χ0) is 17.6. The van der Waals surface area contributed by atoms with E-state index in [-0.39, 0.29) is 18.4 Å². The van der Waals surface area contributed by atoms with Crippen LogP contribution in [0.25, 0.3) is 11.3 Å². The number of H-pyrrole nitrogens is 1. The van der Waals surface area contributed by atoms with Gasteiger partial charge >= 0.3 is 0 Å². The predicted octanol–water partition coefficient (Wildman–Crippen LogP) is 2.79. The maximum Gasteiger partial charge on any atom is 0.272 e. The largest absolute Gasteiger partial charge is 0.331 e. The standard InChI is InChI=1S/C19H18N4O2/c1-23(13-18(24)20-15-10-6-3-7-11-15)19(25)17-12-16(21-22-17)14-8-4-2-5-9-14/h2-12H,13H2,1H3,(H,20,24)(H,21,22). The van der Waals surface area contributed by atoms with Crippen LogP contribution in [0.3, 0.4) is 0 Å². The first-order chi connectivity index (χ1) is 12.1. The molecule has 2 N–H and O–H groups in total. The summed E-state index contributed by atoms with van der Waals surface area (Å²) in [6, 6.07) is 20.4. The lowest BCUT2D eigenvalue weighted by Crippen LogP contribution is -2.35. The molecule has 126 valence electrons. The van der Waals surface area contributed by atoms with Gasteiger partial charge in [-0.3, -0.25) is 14.7 Å². The monoisotopic (exact) mass is 334 g/mol. The van der Waals surface area contributed by atoms with Crippen molar-refractivity contribution in [1.82, 2.24) is 15.1 Å². The van der Waals surface area contributed by atoms with Crippen molar-refractivity contribution in [2.75, 3.05) is 18.9 Å². The maximum absolute atomic E-state index is 12.5. The Labute approximate surface area is 145 Å². The van der Waals surface area contributed by atoms with Gasteiger partial charge in [0.25, 0.3) is 5.91 Å². The van der Waals surface area contributed by atoms with Crippen LogP contribution in [-0.4, -0.2) is 40.5 Å². The second-order valence-electron chi connectivity index (χ2n) is 5.61. The number of nitrogens with zero attached hydrogens (tertiary/aromatic N) is 2. The number of likely N-dealkylation sites (N-methyl/N-ethyl adjacent to an activating group) is 1. The lowest BCUT2D eigenvalue weighted by molar-refractivity contribution is -0.116. The summed E-state index contributed by atoms with van der Waals surface area (Å²) in [5.74, 6) is -0.553. The highest BCUT2D eigenvalue weighted by molar-refractivity contribution is 5.98. The number of carbonyl (C=O) groups is 2. The van der Waals surface area contributed by atoms with Crippen molar-refractivity contribution < 1.29 is 9.59 Å². The first kappa shape index (κ1) is 16.4. The normalized spacial score (nSPS) is 10.3. The molecule has 0 saturated carbocycles. The summed E-state index contributed by atoms with van der Waals surface area (Å²) in [7, 11) is 1.58. The molecule has 6 heteroatoms. The van der Waals surface area contributed by atoms with Crippen molar-refractivity contribution in [3.8, 4) is 11.3 Å². The van der Waals surface area contributed by atoms with Gasteiger partial charge in [0.15, 0.2) is 0 Å². The van der Waals surface area contributed by atoms with Gasteiger partial charge in [0.2, 0.25) is 5.91 Å². The van der Waals surface area contributed by atoms with Crippen LogP contribution < -0.4 is 5.32 Å². The van der Waals surface area contributed by atoms with Crippen LogP contribution in [0.4, 0.5) is 5.69 Å². The minimum Gasteiger partial charge on any atom is -0.331 e.